The molecule has 1 aliphatic carbocycles. The summed E-state index contributed by atoms with van der Waals surface area (Å²) in [6.45, 7) is 8.10. The molecule has 0 aromatic heterocycles. The quantitative estimate of drug-likeness (QED) is 0.589. The second-order valence-corrected chi connectivity index (χ2v) is 7.43. The van der Waals surface area contributed by atoms with E-state index in [1.54, 1.807) is 0 Å². The van der Waals surface area contributed by atoms with Crippen LogP contribution in [-0.4, -0.2) is 32.2 Å². The van der Waals surface area contributed by atoms with Gasteiger partial charge in [-0.1, -0.05) is 32.5 Å². The van der Waals surface area contributed by atoms with Crippen LogP contribution >= 0.6 is 0 Å². The fourth-order valence-electron chi connectivity index (χ4n) is 3.55. The molecule has 0 N–H and O–H groups in total. The normalized spacial score (nSPS) is 41.9. The van der Waals surface area contributed by atoms with E-state index in [0.29, 0.717) is 28.5 Å². The van der Waals surface area contributed by atoms with Gasteiger partial charge in [-0.25, -0.2) is 0 Å². The van der Waals surface area contributed by atoms with E-state index in [9.17, 15) is 4.79 Å². The lowest BCUT2D eigenvalue weighted by Crippen LogP contribution is -2.43. The zero-order valence-electron chi connectivity index (χ0n) is 12.0. The van der Waals surface area contributed by atoms with Crippen LogP contribution in [-0.2, 0) is 4.79 Å². The zero-order chi connectivity index (χ0) is 12.8. The fraction of sp³-hybridized carbons (Fsp3) is 0.929. The minimum absolute atomic E-state index is 0.301. The van der Waals surface area contributed by atoms with Gasteiger partial charge in [-0.05, 0) is 30.6 Å². The molecule has 2 rings (SSSR count). The monoisotopic (exact) mass is 235 g/mol. The molecule has 0 aromatic rings. The van der Waals surface area contributed by atoms with Gasteiger partial charge in [0, 0.05) is 19.5 Å². The molecule has 0 aromatic carbocycles. The topological polar surface area (TPSA) is 20.3 Å². The summed E-state index contributed by atoms with van der Waals surface area (Å²) in [4.78, 5) is 14.2. The minimum atomic E-state index is 0.301. The van der Waals surface area contributed by atoms with Gasteiger partial charge < -0.3 is 4.90 Å². The van der Waals surface area contributed by atoms with E-state index in [1.807, 2.05) is 11.9 Å². The van der Waals surface area contributed by atoms with Crippen molar-refractivity contribution in [3.05, 3.63) is 0 Å². The smallest absolute Gasteiger partial charge is 0.225 e. The van der Waals surface area contributed by atoms with Gasteiger partial charge in [-0.3, -0.25) is 4.79 Å². The van der Waals surface area contributed by atoms with Crippen LogP contribution in [0.4, 0.5) is 0 Å². The highest BCUT2D eigenvalue weighted by molar-refractivity contribution is 6.15. The van der Waals surface area contributed by atoms with Gasteiger partial charge in [0.1, 0.15) is 7.85 Å². The van der Waals surface area contributed by atoms with Gasteiger partial charge in [0.05, 0.1) is 0 Å². The number of fused-ring (bicyclic) bond motifs is 1. The van der Waals surface area contributed by atoms with Crippen molar-refractivity contribution in [2.24, 2.45) is 17.3 Å². The van der Waals surface area contributed by atoms with Crippen LogP contribution in [0, 0.1) is 17.3 Å². The average molecular weight is 235 g/mol. The summed E-state index contributed by atoms with van der Waals surface area (Å²) < 4.78 is 0. The first-order valence-corrected chi connectivity index (χ1v) is 7.00. The van der Waals surface area contributed by atoms with Crippen LogP contribution < -0.4 is 0 Å². The molecule has 1 saturated heterocycles. The predicted octanol–water partition coefficient (Wildman–Crippen LogP) is 2.10. The number of nitrogens with zero attached hydrogens (tertiary/aromatic N) is 1. The Morgan fingerprint density at radius 3 is 2.59 bits per heavy atom. The Kier molecular flexibility index (Phi) is 3.08. The minimum Gasteiger partial charge on any atom is -0.346 e. The van der Waals surface area contributed by atoms with Crippen molar-refractivity contribution in [1.29, 1.82) is 0 Å². The SMILES string of the molecule is BC1(C)CCC2C(=O)N(C)CCC2CC1(C)C. The number of hydrogen-bond donors (Lipinski definition) is 0. The molecule has 3 unspecified atom stereocenters. The maximum absolute atomic E-state index is 12.3. The lowest BCUT2D eigenvalue weighted by Gasteiger charge is -2.42. The van der Waals surface area contributed by atoms with Gasteiger partial charge in [-0.2, -0.15) is 0 Å². The molecule has 2 aliphatic rings. The number of carbonyl (C=O) groups excluding carboxylic acids is 1. The Hall–Kier alpha value is -0.465. The van der Waals surface area contributed by atoms with Gasteiger partial charge in [-0.15, -0.1) is 0 Å². The third-order valence-electron chi connectivity index (χ3n) is 5.78. The number of piperidine rings is 1. The number of carbonyl (C=O) groups is 1. The number of amides is 1. The molecule has 0 bridgehead atoms. The molecule has 3 heteroatoms. The molecule has 96 valence electrons. The van der Waals surface area contributed by atoms with Crippen LogP contribution in [0.2, 0.25) is 5.31 Å². The highest BCUT2D eigenvalue weighted by Gasteiger charge is 2.46. The fourth-order valence-corrected chi connectivity index (χ4v) is 3.55. The molecule has 0 radical (unpaired) electrons. The lowest BCUT2D eigenvalue weighted by atomic mass is 9.52. The lowest BCUT2D eigenvalue weighted by molar-refractivity contribution is -0.140. The summed E-state index contributed by atoms with van der Waals surface area (Å²) in [5.41, 5.74) is 0.350. The number of hydrogen-bond acceptors (Lipinski definition) is 1. The second-order valence-electron chi connectivity index (χ2n) is 7.43. The highest BCUT2D eigenvalue weighted by atomic mass is 16.2. The van der Waals surface area contributed by atoms with Crippen molar-refractivity contribution in [3.63, 3.8) is 0 Å². The van der Waals surface area contributed by atoms with Crippen LogP contribution in [0.3, 0.4) is 0 Å². The first-order chi connectivity index (χ1) is 7.74. The molecule has 2 fully saturated rings. The maximum atomic E-state index is 12.3. The van der Waals surface area contributed by atoms with Crippen molar-refractivity contribution in [1.82, 2.24) is 4.90 Å². The van der Waals surface area contributed by atoms with E-state index in [-0.39, 0.29) is 0 Å². The summed E-state index contributed by atoms with van der Waals surface area (Å²) in [6, 6.07) is 0. The van der Waals surface area contributed by atoms with Gasteiger partial charge >= 0.3 is 0 Å². The first-order valence-electron chi connectivity index (χ1n) is 7.00. The van der Waals surface area contributed by atoms with Crippen molar-refractivity contribution in [2.75, 3.05) is 13.6 Å². The van der Waals surface area contributed by atoms with E-state index in [0.717, 1.165) is 13.0 Å². The van der Waals surface area contributed by atoms with Crippen molar-refractivity contribution in [3.8, 4) is 0 Å². The van der Waals surface area contributed by atoms with E-state index >= 15 is 0 Å². The standard InChI is InChI=1S/C14H26BNO/c1-13(2)9-10-6-8-16(4)12(17)11(10)5-7-14(13,3)15/h10-11H,5-9,15H2,1-4H3. The second kappa shape index (κ2) is 4.03. The van der Waals surface area contributed by atoms with E-state index in [1.165, 1.54) is 19.3 Å². The van der Waals surface area contributed by atoms with E-state index in [2.05, 4.69) is 28.6 Å². The largest absolute Gasteiger partial charge is 0.346 e. The molecule has 17 heavy (non-hydrogen) atoms. The Morgan fingerprint density at radius 1 is 1.29 bits per heavy atom. The number of likely N-dealkylation sites (tertiary alicyclic amines) is 1. The summed E-state index contributed by atoms with van der Waals surface area (Å²) in [5.74, 6) is 1.32. The molecule has 1 heterocycles. The van der Waals surface area contributed by atoms with Crippen LogP contribution in [0.5, 0.6) is 0 Å². The molecule has 2 nitrogen and oxygen atoms in total. The summed E-state index contributed by atoms with van der Waals surface area (Å²) >= 11 is 0. The Bertz CT molecular complexity index is 324. The van der Waals surface area contributed by atoms with Crippen molar-refractivity contribution in [2.45, 2.75) is 51.8 Å². The Labute approximate surface area is 107 Å². The van der Waals surface area contributed by atoms with Crippen LogP contribution in [0.25, 0.3) is 0 Å². The van der Waals surface area contributed by atoms with Gasteiger partial charge in [0.2, 0.25) is 5.91 Å². The third kappa shape index (κ3) is 2.13. The summed E-state index contributed by atoms with van der Waals surface area (Å²) in [6.07, 6.45) is 4.68. The molecule has 3 atom stereocenters. The molecular formula is C14H26BNO. The highest BCUT2D eigenvalue weighted by Crippen LogP contribution is 2.55. The molecule has 0 spiro atoms. The predicted molar refractivity (Wildman–Crippen MR) is 73.8 cm³/mol. The zero-order valence-corrected chi connectivity index (χ0v) is 12.0. The van der Waals surface area contributed by atoms with Crippen molar-refractivity contribution >= 4 is 13.8 Å². The first kappa shape index (κ1) is 13.0. The van der Waals surface area contributed by atoms with Crippen LogP contribution in [0.1, 0.15) is 46.5 Å². The van der Waals surface area contributed by atoms with Crippen molar-refractivity contribution < 1.29 is 4.79 Å². The number of rotatable bonds is 0. The summed E-state index contributed by atoms with van der Waals surface area (Å²) in [5, 5.41) is 0.350. The van der Waals surface area contributed by atoms with Crippen LogP contribution in [0.15, 0.2) is 0 Å². The van der Waals surface area contributed by atoms with E-state index in [4.69, 9.17) is 0 Å². The molecule has 1 amide bonds. The molecular weight excluding hydrogens is 209 g/mol. The van der Waals surface area contributed by atoms with E-state index < -0.39 is 0 Å². The molecule has 1 saturated carbocycles. The van der Waals surface area contributed by atoms with Gasteiger partial charge in [0.25, 0.3) is 0 Å². The summed E-state index contributed by atoms with van der Waals surface area (Å²) in [7, 11) is 4.33. The van der Waals surface area contributed by atoms with Gasteiger partial charge in [0.15, 0.2) is 0 Å². The molecule has 1 aliphatic heterocycles. The Balaban J connectivity index is 2.24. The Morgan fingerprint density at radius 2 is 1.94 bits per heavy atom. The average Bonchev–Trinajstić information content (AvgIpc) is 2.30. The third-order valence-corrected chi connectivity index (χ3v) is 5.78. The maximum Gasteiger partial charge on any atom is 0.225 e.